The molecule has 2 saturated heterocycles. The number of carbonyl (C=O) groups excluding carboxylic acids is 3. The summed E-state index contributed by atoms with van der Waals surface area (Å²) in [6, 6.07) is 19.3. The highest BCUT2D eigenvalue weighted by Gasteiger charge is 2.55. The van der Waals surface area contributed by atoms with E-state index in [0.717, 1.165) is 11.1 Å². The molecule has 12 nitrogen and oxygen atoms in total. The Bertz CT molecular complexity index is 1240. The number of ether oxygens (including phenoxy) is 9. The Kier molecular flexibility index (Phi) is 12.5. The van der Waals surface area contributed by atoms with Gasteiger partial charge in [0.15, 0.2) is 30.9 Å². The monoisotopic (exact) mass is 630 g/mol. The fraction of sp³-hybridized carbons (Fsp3) is 0.545. The second-order valence-corrected chi connectivity index (χ2v) is 11.0. The lowest BCUT2D eigenvalue weighted by Gasteiger charge is -2.48. The number of rotatable bonds is 12. The molecule has 0 aliphatic carbocycles. The summed E-state index contributed by atoms with van der Waals surface area (Å²) in [4.78, 5) is 36.4. The number of esters is 3. The van der Waals surface area contributed by atoms with E-state index >= 15 is 0 Å². The summed E-state index contributed by atoms with van der Waals surface area (Å²) in [6.07, 6.45) is -9.56. The van der Waals surface area contributed by atoms with Crippen LogP contribution < -0.4 is 0 Å². The quantitative estimate of drug-likeness (QED) is 0.251. The molecule has 2 aromatic rings. The average Bonchev–Trinajstić information content (AvgIpc) is 3.00. The highest BCUT2D eigenvalue weighted by molar-refractivity contribution is 5.68. The fourth-order valence-corrected chi connectivity index (χ4v) is 5.49. The minimum absolute atomic E-state index is 0.222. The first-order chi connectivity index (χ1) is 21.6. The number of benzene rings is 2. The summed E-state index contributed by atoms with van der Waals surface area (Å²) in [5.41, 5.74) is 1.88. The van der Waals surface area contributed by atoms with E-state index in [1.54, 1.807) is 6.92 Å². The second kappa shape index (κ2) is 16.3. The number of methoxy groups -OCH3 is 1. The highest BCUT2D eigenvalue weighted by Crippen LogP contribution is 2.35. The summed E-state index contributed by atoms with van der Waals surface area (Å²) < 4.78 is 54.1. The van der Waals surface area contributed by atoms with Crippen LogP contribution in [0.4, 0.5) is 0 Å². The highest BCUT2D eigenvalue weighted by atomic mass is 16.8. The van der Waals surface area contributed by atoms with E-state index in [4.69, 9.17) is 42.6 Å². The van der Waals surface area contributed by atoms with Crippen molar-refractivity contribution in [2.75, 3.05) is 7.11 Å². The summed E-state index contributed by atoms with van der Waals surface area (Å²) in [5, 5.41) is 0. The topological polar surface area (TPSA) is 134 Å². The molecule has 0 spiro atoms. The first kappa shape index (κ1) is 34.5. The molecule has 10 atom stereocenters. The lowest BCUT2D eigenvalue weighted by atomic mass is 9.96. The van der Waals surface area contributed by atoms with Crippen LogP contribution in [-0.2, 0) is 70.2 Å². The molecule has 2 aliphatic heterocycles. The van der Waals surface area contributed by atoms with Crippen molar-refractivity contribution >= 4 is 17.9 Å². The van der Waals surface area contributed by atoms with Crippen LogP contribution in [-0.4, -0.2) is 86.4 Å². The maximum absolute atomic E-state index is 12.3. The van der Waals surface area contributed by atoms with Gasteiger partial charge >= 0.3 is 17.9 Å². The molecule has 4 rings (SSSR count). The van der Waals surface area contributed by atoms with Gasteiger partial charge in [0.05, 0.1) is 25.4 Å². The van der Waals surface area contributed by atoms with Crippen molar-refractivity contribution < 1.29 is 57.0 Å². The Balaban J connectivity index is 1.67. The zero-order valence-electron chi connectivity index (χ0n) is 26.4. The minimum atomic E-state index is -1.32. The van der Waals surface area contributed by atoms with E-state index in [1.165, 1.54) is 27.9 Å². The van der Waals surface area contributed by atoms with Gasteiger partial charge in [-0.1, -0.05) is 60.7 Å². The Morgan fingerprint density at radius 3 is 1.53 bits per heavy atom. The zero-order valence-corrected chi connectivity index (χ0v) is 26.4. The van der Waals surface area contributed by atoms with Gasteiger partial charge in [0.25, 0.3) is 0 Å². The van der Waals surface area contributed by atoms with Gasteiger partial charge in [-0.3, -0.25) is 14.4 Å². The van der Waals surface area contributed by atoms with Crippen LogP contribution in [0.2, 0.25) is 0 Å². The van der Waals surface area contributed by atoms with Gasteiger partial charge in [-0.2, -0.15) is 0 Å². The van der Waals surface area contributed by atoms with Crippen molar-refractivity contribution in [1.82, 2.24) is 0 Å². The minimum Gasteiger partial charge on any atom is -0.456 e. The lowest BCUT2D eigenvalue weighted by molar-refractivity contribution is -0.367. The van der Waals surface area contributed by atoms with Crippen molar-refractivity contribution in [2.24, 2.45) is 0 Å². The van der Waals surface area contributed by atoms with Crippen LogP contribution in [0.3, 0.4) is 0 Å². The van der Waals surface area contributed by atoms with Crippen molar-refractivity contribution in [2.45, 2.75) is 109 Å². The molecule has 2 aliphatic rings. The number of hydrogen-bond acceptors (Lipinski definition) is 12. The SMILES string of the molecule is CO[C@H]1O[C@H](C)[C@@H](OCc2ccccc2)[C@H](OCc2ccccc2)[C@@H]1O[C@H]1O[C@@H](C)[C@@H](OC(C)=O)[C@@H](OC(C)=O)[C@@H]1OC(C)=O. The van der Waals surface area contributed by atoms with E-state index in [2.05, 4.69) is 0 Å². The molecule has 0 N–H and O–H groups in total. The van der Waals surface area contributed by atoms with Crippen molar-refractivity contribution in [1.29, 1.82) is 0 Å². The van der Waals surface area contributed by atoms with Gasteiger partial charge in [-0.15, -0.1) is 0 Å². The molecular weight excluding hydrogens is 588 g/mol. The molecular formula is C33H42O12. The lowest BCUT2D eigenvalue weighted by Crippen LogP contribution is -2.65. The molecule has 0 amide bonds. The van der Waals surface area contributed by atoms with Crippen LogP contribution in [0.1, 0.15) is 45.7 Å². The van der Waals surface area contributed by atoms with E-state index in [1.807, 2.05) is 67.6 Å². The third kappa shape index (κ3) is 9.32. The first-order valence-electron chi connectivity index (χ1n) is 14.9. The number of hydrogen-bond donors (Lipinski definition) is 0. The van der Waals surface area contributed by atoms with Crippen LogP contribution in [0.5, 0.6) is 0 Å². The average molecular weight is 631 g/mol. The second-order valence-electron chi connectivity index (χ2n) is 11.0. The van der Waals surface area contributed by atoms with Crippen molar-refractivity contribution in [3.63, 3.8) is 0 Å². The third-order valence-corrected chi connectivity index (χ3v) is 7.45. The Morgan fingerprint density at radius 2 is 1.02 bits per heavy atom. The standard InChI is InChI=1S/C33H42O12/c1-19-26(38-17-24-13-9-7-10-14-24)28(39-18-25-15-11-8-12-16-25)30(32(37-6)40-19)45-33-31(44-23(5)36)29(43-22(4)35)27(20(2)41-33)42-21(3)34/h7-16,19-20,26-33H,17-18H2,1-6H3/t19-,20+,26-,27-,28+,29-,30+,31+,32+,33-/m1/s1. The molecule has 0 saturated carbocycles. The zero-order chi connectivity index (χ0) is 32.5. The number of carbonyl (C=O) groups is 3. The summed E-state index contributed by atoms with van der Waals surface area (Å²) in [5.74, 6) is -2.00. The van der Waals surface area contributed by atoms with Gasteiger partial charge in [-0.05, 0) is 25.0 Å². The van der Waals surface area contributed by atoms with Gasteiger partial charge in [0.2, 0.25) is 0 Å². The maximum atomic E-state index is 12.3. The first-order valence-corrected chi connectivity index (χ1v) is 14.9. The normalized spacial score (nSPS) is 31.5. The molecule has 0 aromatic heterocycles. The van der Waals surface area contributed by atoms with Crippen molar-refractivity contribution in [3.05, 3.63) is 71.8 Å². The summed E-state index contributed by atoms with van der Waals surface area (Å²) >= 11 is 0. The van der Waals surface area contributed by atoms with E-state index in [0.29, 0.717) is 0 Å². The smallest absolute Gasteiger partial charge is 0.303 e. The van der Waals surface area contributed by atoms with E-state index in [-0.39, 0.29) is 13.2 Å². The van der Waals surface area contributed by atoms with Gasteiger partial charge < -0.3 is 42.6 Å². The molecule has 2 fully saturated rings. The largest absolute Gasteiger partial charge is 0.456 e. The van der Waals surface area contributed by atoms with Crippen LogP contribution in [0.25, 0.3) is 0 Å². The van der Waals surface area contributed by atoms with Gasteiger partial charge in [-0.25, -0.2) is 0 Å². The van der Waals surface area contributed by atoms with E-state index < -0.39 is 79.3 Å². The predicted octanol–water partition coefficient (Wildman–Crippen LogP) is 3.47. The van der Waals surface area contributed by atoms with Gasteiger partial charge in [0, 0.05) is 27.9 Å². The van der Waals surface area contributed by atoms with Crippen LogP contribution in [0.15, 0.2) is 60.7 Å². The summed E-state index contributed by atoms with van der Waals surface area (Å²) in [7, 11) is 1.47. The van der Waals surface area contributed by atoms with Crippen LogP contribution in [0, 0.1) is 0 Å². The Morgan fingerprint density at radius 1 is 0.578 bits per heavy atom. The predicted molar refractivity (Wildman–Crippen MR) is 157 cm³/mol. The van der Waals surface area contributed by atoms with E-state index in [9.17, 15) is 14.4 Å². The summed E-state index contributed by atoms with van der Waals surface area (Å²) in [6.45, 7) is 7.61. The van der Waals surface area contributed by atoms with Gasteiger partial charge in [0.1, 0.15) is 18.3 Å². The van der Waals surface area contributed by atoms with Crippen molar-refractivity contribution in [3.8, 4) is 0 Å². The molecule has 0 unspecified atom stereocenters. The Labute approximate surface area is 263 Å². The Hall–Kier alpha value is -3.39. The molecule has 0 radical (unpaired) electrons. The molecule has 246 valence electrons. The van der Waals surface area contributed by atoms with Crippen LogP contribution >= 0.6 is 0 Å². The molecule has 12 heteroatoms. The fourth-order valence-electron chi connectivity index (χ4n) is 5.49. The molecule has 45 heavy (non-hydrogen) atoms. The third-order valence-electron chi connectivity index (χ3n) is 7.45. The maximum Gasteiger partial charge on any atom is 0.303 e. The molecule has 2 heterocycles. The molecule has 2 aromatic carbocycles. The molecule has 0 bridgehead atoms.